The average Bonchev–Trinajstić information content (AvgIpc) is 3.06. The third-order valence-corrected chi connectivity index (χ3v) is 3.48. The molecule has 2 aromatic rings. The quantitative estimate of drug-likeness (QED) is 0.736. The number of halogens is 3. The predicted octanol–water partition coefficient (Wildman–Crippen LogP) is 2.69. The molecule has 126 valence electrons. The first kappa shape index (κ1) is 17.5. The van der Waals surface area contributed by atoms with Crippen LogP contribution < -0.4 is 16.8 Å². The molecule has 0 saturated carbocycles. The molecule has 0 aliphatic heterocycles. The lowest BCUT2D eigenvalue weighted by Crippen LogP contribution is -2.27. The molecule has 0 fully saturated rings. The Hall–Kier alpha value is -2.81. The van der Waals surface area contributed by atoms with Crippen molar-refractivity contribution in [2.45, 2.75) is 6.18 Å². The molecule has 0 aliphatic rings. The number of carbonyl (C=O) groups is 1. The Morgan fingerprint density at radius 1 is 1.12 bits per heavy atom. The highest BCUT2D eigenvalue weighted by Crippen LogP contribution is 2.29. The van der Waals surface area contributed by atoms with Crippen LogP contribution in [0.15, 0.2) is 53.7 Å². The number of alkyl halides is 3. The molecular formula is C15H13F3N4OS. The number of rotatable bonds is 4. The number of carbonyl (C=O) groups excluding carboxylic acids is 1. The van der Waals surface area contributed by atoms with Gasteiger partial charge in [0.25, 0.3) is 5.91 Å². The highest BCUT2D eigenvalue weighted by molar-refractivity contribution is 7.03. The van der Waals surface area contributed by atoms with Gasteiger partial charge in [0.15, 0.2) is 0 Å². The number of hydrogen-bond acceptors (Lipinski definition) is 5. The van der Waals surface area contributed by atoms with Gasteiger partial charge < -0.3 is 16.8 Å². The van der Waals surface area contributed by atoms with Crippen LogP contribution in [0.4, 0.5) is 13.2 Å². The van der Waals surface area contributed by atoms with Crippen molar-refractivity contribution in [2.24, 2.45) is 11.5 Å². The third-order valence-electron chi connectivity index (χ3n) is 2.92. The van der Waals surface area contributed by atoms with Crippen LogP contribution in [-0.4, -0.2) is 10.3 Å². The first-order valence-electron chi connectivity index (χ1n) is 6.59. The van der Waals surface area contributed by atoms with Crippen LogP contribution >= 0.6 is 11.5 Å². The van der Waals surface area contributed by atoms with Crippen molar-refractivity contribution in [1.82, 2.24) is 9.69 Å². The van der Waals surface area contributed by atoms with Gasteiger partial charge in [-0.25, -0.2) is 0 Å². The molecule has 5 nitrogen and oxygen atoms in total. The second kappa shape index (κ2) is 7.18. The van der Waals surface area contributed by atoms with Crippen LogP contribution in [0.3, 0.4) is 0 Å². The molecule has 1 amide bonds. The van der Waals surface area contributed by atoms with E-state index in [4.69, 9.17) is 11.5 Å². The largest absolute Gasteiger partial charge is 0.416 e. The van der Waals surface area contributed by atoms with E-state index in [-0.39, 0.29) is 17.2 Å². The van der Waals surface area contributed by atoms with Crippen molar-refractivity contribution >= 4 is 23.1 Å². The van der Waals surface area contributed by atoms with Crippen LogP contribution in [0.25, 0.3) is 5.70 Å². The molecule has 1 aromatic heterocycles. The highest BCUT2D eigenvalue weighted by Gasteiger charge is 2.29. The van der Waals surface area contributed by atoms with Crippen molar-refractivity contribution in [3.05, 3.63) is 70.5 Å². The van der Waals surface area contributed by atoms with E-state index in [1.165, 1.54) is 24.3 Å². The number of aromatic nitrogens is 1. The van der Waals surface area contributed by atoms with E-state index in [0.717, 1.165) is 23.7 Å². The van der Waals surface area contributed by atoms with Crippen molar-refractivity contribution in [3.63, 3.8) is 0 Å². The van der Waals surface area contributed by atoms with Crippen molar-refractivity contribution in [1.29, 1.82) is 0 Å². The number of hydrogen-bond donors (Lipinski definition) is 3. The lowest BCUT2D eigenvalue weighted by molar-refractivity contribution is -0.137. The summed E-state index contributed by atoms with van der Waals surface area (Å²) in [7, 11) is 0. The summed E-state index contributed by atoms with van der Waals surface area (Å²) in [6.07, 6.45) is -1.67. The van der Waals surface area contributed by atoms with Gasteiger partial charge in [0.05, 0.1) is 5.56 Å². The molecule has 5 N–H and O–H groups in total. The van der Waals surface area contributed by atoms with Gasteiger partial charge in [0.2, 0.25) is 0 Å². The average molecular weight is 354 g/mol. The van der Waals surface area contributed by atoms with Gasteiger partial charge in [-0.3, -0.25) is 4.79 Å². The molecule has 0 aliphatic carbocycles. The maximum atomic E-state index is 12.5. The van der Waals surface area contributed by atoms with E-state index >= 15 is 0 Å². The highest BCUT2D eigenvalue weighted by atomic mass is 32.1. The summed E-state index contributed by atoms with van der Waals surface area (Å²) in [5.74, 6) is -0.436. The van der Waals surface area contributed by atoms with Crippen LogP contribution in [-0.2, 0) is 6.18 Å². The second-order valence-electron chi connectivity index (χ2n) is 4.66. The first-order chi connectivity index (χ1) is 11.3. The van der Waals surface area contributed by atoms with E-state index < -0.39 is 17.6 Å². The van der Waals surface area contributed by atoms with Crippen LogP contribution in [0, 0.1) is 0 Å². The summed E-state index contributed by atoms with van der Waals surface area (Å²) in [6, 6.07) is 5.93. The van der Waals surface area contributed by atoms with E-state index in [2.05, 4.69) is 9.69 Å². The minimum absolute atomic E-state index is 0.0304. The summed E-state index contributed by atoms with van der Waals surface area (Å²) >= 11 is 1.13. The Balaban J connectivity index is 2.05. The Morgan fingerprint density at radius 2 is 1.79 bits per heavy atom. The summed E-state index contributed by atoms with van der Waals surface area (Å²) in [6.45, 7) is 0. The Kier molecular flexibility index (Phi) is 5.24. The first-order valence-corrected chi connectivity index (χ1v) is 7.43. The molecule has 24 heavy (non-hydrogen) atoms. The molecular weight excluding hydrogens is 341 g/mol. The van der Waals surface area contributed by atoms with Gasteiger partial charge in [-0.2, -0.15) is 17.5 Å². The summed E-state index contributed by atoms with van der Waals surface area (Å²) in [5.41, 5.74) is 11.5. The molecule has 0 bridgehead atoms. The normalized spacial score (nSPS) is 13.0. The van der Waals surface area contributed by atoms with Gasteiger partial charge in [-0.15, -0.1) is 0 Å². The fraction of sp³-hybridized carbons (Fsp3) is 0.0667. The van der Waals surface area contributed by atoms with Gasteiger partial charge in [0, 0.05) is 11.1 Å². The molecule has 0 saturated heterocycles. The number of nitrogens with two attached hydrogens (primary N) is 2. The van der Waals surface area contributed by atoms with Gasteiger partial charge >= 0.3 is 6.18 Å². The van der Waals surface area contributed by atoms with Crippen molar-refractivity contribution < 1.29 is 18.0 Å². The monoisotopic (exact) mass is 354 g/mol. The maximum absolute atomic E-state index is 12.5. The zero-order valence-corrected chi connectivity index (χ0v) is 13.0. The number of nitrogens with zero attached hydrogens (tertiary/aromatic N) is 1. The summed E-state index contributed by atoms with van der Waals surface area (Å²) in [4.78, 5) is 11.7. The fourth-order valence-corrected chi connectivity index (χ4v) is 2.20. The zero-order chi connectivity index (χ0) is 17.7. The smallest absolute Gasteiger partial charge is 0.398 e. The van der Waals surface area contributed by atoms with E-state index in [1.54, 1.807) is 11.4 Å². The molecule has 1 aromatic carbocycles. The minimum atomic E-state index is -4.40. The van der Waals surface area contributed by atoms with Crippen molar-refractivity contribution in [3.8, 4) is 0 Å². The van der Waals surface area contributed by atoms with Gasteiger partial charge in [-0.1, -0.05) is 12.1 Å². The van der Waals surface area contributed by atoms with Crippen molar-refractivity contribution in [2.75, 3.05) is 0 Å². The number of nitrogens with one attached hydrogen (secondary N) is 1. The van der Waals surface area contributed by atoms with Gasteiger partial charge in [0.1, 0.15) is 11.5 Å². The molecule has 0 radical (unpaired) electrons. The number of amides is 1. The third kappa shape index (κ3) is 4.59. The maximum Gasteiger partial charge on any atom is 0.416 e. The standard InChI is InChI=1S/C15H13F3N4OS/c16-15(17,18)10-3-1-9(2-4-10)11(19)5-6-13(20)21-14(23)12-7-8-24-22-12/h1-8H,19-20H2,(H,21,23)/b11-5-,13-6+. The predicted molar refractivity (Wildman–Crippen MR) is 85.5 cm³/mol. The Morgan fingerprint density at radius 3 is 2.33 bits per heavy atom. The molecule has 2 rings (SSSR count). The number of benzene rings is 1. The minimum Gasteiger partial charge on any atom is -0.398 e. The molecule has 1 heterocycles. The zero-order valence-electron chi connectivity index (χ0n) is 12.2. The van der Waals surface area contributed by atoms with E-state index in [1.807, 2.05) is 0 Å². The molecule has 0 atom stereocenters. The molecule has 0 unspecified atom stereocenters. The topological polar surface area (TPSA) is 94.0 Å². The Bertz CT molecular complexity index is 765. The van der Waals surface area contributed by atoms with Gasteiger partial charge in [-0.05, 0) is 47.4 Å². The van der Waals surface area contributed by atoms with Crippen LogP contribution in [0.1, 0.15) is 21.6 Å². The lowest BCUT2D eigenvalue weighted by Gasteiger charge is -2.07. The van der Waals surface area contributed by atoms with Crippen LogP contribution in [0.2, 0.25) is 0 Å². The fourth-order valence-electron chi connectivity index (χ4n) is 1.69. The second-order valence-corrected chi connectivity index (χ2v) is 5.32. The van der Waals surface area contributed by atoms with E-state index in [9.17, 15) is 18.0 Å². The molecule has 9 heteroatoms. The lowest BCUT2D eigenvalue weighted by atomic mass is 10.1. The number of allylic oxidation sites excluding steroid dienone is 2. The summed E-state index contributed by atoms with van der Waals surface area (Å²) in [5, 5.41) is 4.06. The van der Waals surface area contributed by atoms with E-state index in [0.29, 0.717) is 5.56 Å². The van der Waals surface area contributed by atoms with Crippen LogP contribution in [0.5, 0.6) is 0 Å². The molecule has 0 spiro atoms. The SMILES string of the molecule is N/C(=C\C=C(/N)NC(=O)c1ccsn1)c1ccc(C(F)(F)F)cc1. The Labute approximate surface area is 139 Å². The summed E-state index contributed by atoms with van der Waals surface area (Å²) < 4.78 is 41.3.